The first-order chi connectivity index (χ1) is 10.7. The van der Waals surface area contributed by atoms with E-state index < -0.39 is 0 Å². The zero-order valence-electron chi connectivity index (χ0n) is 14.1. The number of guanidine groups is 1. The number of aliphatic imine (C=N–C) groups is 1. The Morgan fingerprint density at radius 3 is 2.68 bits per heavy atom. The normalized spacial score (nSPS) is 21.0. The fourth-order valence-corrected chi connectivity index (χ4v) is 2.66. The number of rotatable bonds is 6. The van der Waals surface area contributed by atoms with Crippen molar-refractivity contribution in [1.82, 2.24) is 25.0 Å². The Bertz CT molecular complexity index is 441. The van der Waals surface area contributed by atoms with Gasteiger partial charge in [0.1, 0.15) is 0 Å². The number of piperazine rings is 1. The number of nitrogens with zero attached hydrogens (tertiary/aromatic N) is 4. The molecule has 124 valence electrons. The molecule has 1 atom stereocenters. The van der Waals surface area contributed by atoms with Crippen LogP contribution in [0.1, 0.15) is 6.92 Å². The van der Waals surface area contributed by atoms with E-state index in [1.54, 1.807) is 0 Å². The van der Waals surface area contributed by atoms with Gasteiger partial charge in [0.25, 0.3) is 0 Å². The summed E-state index contributed by atoms with van der Waals surface area (Å²) in [7, 11) is 4.38. The molecule has 0 bridgehead atoms. The number of nitrogens with one attached hydrogen (secondary N) is 2. The Morgan fingerprint density at radius 1 is 1.18 bits per heavy atom. The first-order valence-corrected chi connectivity index (χ1v) is 8.20. The van der Waals surface area contributed by atoms with E-state index in [1.807, 2.05) is 0 Å². The van der Waals surface area contributed by atoms with Crippen LogP contribution >= 0.6 is 0 Å². The van der Waals surface area contributed by atoms with E-state index >= 15 is 0 Å². The lowest BCUT2D eigenvalue weighted by Gasteiger charge is -2.36. The molecule has 22 heavy (non-hydrogen) atoms. The quantitative estimate of drug-likeness (QED) is 0.586. The molecule has 2 rings (SSSR count). The average molecular weight is 306 g/mol. The fourth-order valence-electron chi connectivity index (χ4n) is 2.66. The Hall–Kier alpha value is -1.53. The molecule has 1 aromatic rings. The Kier molecular flexibility index (Phi) is 6.74. The maximum Gasteiger partial charge on any atom is 0.191 e. The molecule has 6 nitrogen and oxygen atoms in total. The van der Waals surface area contributed by atoms with Gasteiger partial charge in [-0.05, 0) is 33.2 Å². The summed E-state index contributed by atoms with van der Waals surface area (Å²) in [5.74, 6) is 0.913. The molecule has 0 amide bonds. The van der Waals surface area contributed by atoms with Crippen molar-refractivity contribution < 1.29 is 0 Å². The van der Waals surface area contributed by atoms with Crippen molar-refractivity contribution in [3.63, 3.8) is 0 Å². The molecule has 1 aliphatic heterocycles. The molecule has 2 N–H and O–H groups in total. The second-order valence-corrected chi connectivity index (χ2v) is 5.96. The Morgan fingerprint density at radius 2 is 1.95 bits per heavy atom. The van der Waals surface area contributed by atoms with E-state index in [-0.39, 0.29) is 0 Å². The van der Waals surface area contributed by atoms with Crippen LogP contribution in [0.25, 0.3) is 0 Å². The highest BCUT2D eigenvalue weighted by Gasteiger charge is 2.21. The third kappa shape index (κ3) is 5.35. The van der Waals surface area contributed by atoms with Crippen LogP contribution in [0, 0.1) is 0 Å². The summed E-state index contributed by atoms with van der Waals surface area (Å²) >= 11 is 0. The molecule has 1 fully saturated rings. The van der Waals surface area contributed by atoms with Crippen molar-refractivity contribution in [2.75, 3.05) is 53.4 Å². The van der Waals surface area contributed by atoms with Crippen LogP contribution < -0.4 is 10.6 Å². The third-order valence-electron chi connectivity index (χ3n) is 4.11. The first-order valence-electron chi connectivity index (χ1n) is 8.20. The van der Waals surface area contributed by atoms with Gasteiger partial charge in [0.05, 0.1) is 6.54 Å². The average Bonchev–Trinajstić information content (AvgIpc) is 3.01. The smallest absolute Gasteiger partial charge is 0.191 e. The van der Waals surface area contributed by atoms with E-state index in [4.69, 9.17) is 4.99 Å². The predicted octanol–water partition coefficient (Wildman–Crippen LogP) is 0.289. The lowest BCUT2D eigenvalue weighted by atomic mass is 10.2. The molecule has 0 radical (unpaired) electrons. The van der Waals surface area contributed by atoms with Crippen molar-refractivity contribution in [2.45, 2.75) is 19.5 Å². The molecule has 6 heteroatoms. The molecule has 0 spiro atoms. The van der Waals surface area contributed by atoms with E-state index in [0.717, 1.165) is 51.8 Å². The van der Waals surface area contributed by atoms with E-state index in [0.29, 0.717) is 6.04 Å². The molecule has 1 unspecified atom stereocenters. The van der Waals surface area contributed by atoms with Crippen LogP contribution in [0.3, 0.4) is 0 Å². The largest absolute Gasteiger partial charge is 0.357 e. The monoisotopic (exact) mass is 306 g/mol. The van der Waals surface area contributed by atoms with Crippen LogP contribution in [-0.2, 0) is 6.54 Å². The first kappa shape index (κ1) is 16.8. The van der Waals surface area contributed by atoms with Crippen LogP contribution in [0.2, 0.25) is 0 Å². The summed E-state index contributed by atoms with van der Waals surface area (Å²) in [5.41, 5.74) is 0. The van der Waals surface area contributed by atoms with Crippen LogP contribution in [0.4, 0.5) is 0 Å². The number of hydrogen-bond acceptors (Lipinski definition) is 3. The molecule has 1 saturated heterocycles. The highest BCUT2D eigenvalue weighted by Crippen LogP contribution is 2.05. The molecular weight excluding hydrogens is 276 g/mol. The highest BCUT2D eigenvalue weighted by atomic mass is 15.3. The minimum Gasteiger partial charge on any atom is -0.357 e. The van der Waals surface area contributed by atoms with Gasteiger partial charge < -0.3 is 20.1 Å². The third-order valence-corrected chi connectivity index (χ3v) is 4.11. The zero-order valence-corrected chi connectivity index (χ0v) is 14.1. The van der Waals surface area contributed by atoms with Gasteiger partial charge in [0.15, 0.2) is 5.96 Å². The minimum absolute atomic E-state index is 0.499. The molecule has 1 aliphatic rings. The standard InChI is InChI=1S/C16H30N6/c1-4-17-16(18-7-10-22-8-5-6-9-22)19-13-15-14-20(2)11-12-21(15)3/h5-6,8-9,15H,4,7,10-14H2,1-3H3,(H2,17,18,19). The lowest BCUT2D eigenvalue weighted by molar-refractivity contribution is 0.119. The molecule has 0 aromatic carbocycles. The number of hydrogen-bond donors (Lipinski definition) is 2. The van der Waals surface area contributed by atoms with E-state index in [2.05, 4.69) is 70.5 Å². The summed E-state index contributed by atoms with van der Waals surface area (Å²) in [6.45, 7) is 8.99. The zero-order chi connectivity index (χ0) is 15.8. The SMILES string of the molecule is CCNC(=NCC1CN(C)CCN1C)NCCn1cccc1. The summed E-state index contributed by atoms with van der Waals surface area (Å²) in [4.78, 5) is 9.55. The second kappa shape index (κ2) is 8.80. The van der Waals surface area contributed by atoms with Gasteiger partial charge in [-0.25, -0.2) is 0 Å². The number of likely N-dealkylation sites (N-methyl/N-ethyl adjacent to an activating group) is 2. The van der Waals surface area contributed by atoms with Gasteiger partial charge in [-0.2, -0.15) is 0 Å². The maximum atomic E-state index is 4.76. The minimum atomic E-state index is 0.499. The van der Waals surface area contributed by atoms with Gasteiger partial charge in [0.2, 0.25) is 0 Å². The molecular formula is C16H30N6. The van der Waals surface area contributed by atoms with Crippen molar-refractivity contribution in [3.8, 4) is 0 Å². The summed E-state index contributed by atoms with van der Waals surface area (Å²) < 4.78 is 2.17. The second-order valence-electron chi connectivity index (χ2n) is 5.96. The van der Waals surface area contributed by atoms with Crippen molar-refractivity contribution >= 4 is 5.96 Å². The van der Waals surface area contributed by atoms with Gasteiger partial charge in [0, 0.05) is 57.7 Å². The number of aromatic nitrogens is 1. The van der Waals surface area contributed by atoms with Gasteiger partial charge in [-0.3, -0.25) is 9.89 Å². The van der Waals surface area contributed by atoms with E-state index in [9.17, 15) is 0 Å². The van der Waals surface area contributed by atoms with Crippen LogP contribution in [-0.4, -0.2) is 79.7 Å². The van der Waals surface area contributed by atoms with Crippen molar-refractivity contribution in [2.24, 2.45) is 4.99 Å². The molecule has 0 saturated carbocycles. The maximum absolute atomic E-state index is 4.76. The van der Waals surface area contributed by atoms with Crippen LogP contribution in [0.15, 0.2) is 29.5 Å². The van der Waals surface area contributed by atoms with Crippen molar-refractivity contribution in [3.05, 3.63) is 24.5 Å². The topological polar surface area (TPSA) is 47.8 Å². The Balaban J connectivity index is 1.80. The van der Waals surface area contributed by atoms with Gasteiger partial charge in [-0.15, -0.1) is 0 Å². The lowest BCUT2D eigenvalue weighted by Crippen LogP contribution is -2.51. The highest BCUT2D eigenvalue weighted by molar-refractivity contribution is 5.79. The Labute approximate surface area is 134 Å². The summed E-state index contributed by atoms with van der Waals surface area (Å²) in [6.07, 6.45) is 4.16. The summed E-state index contributed by atoms with van der Waals surface area (Å²) in [6, 6.07) is 4.60. The van der Waals surface area contributed by atoms with E-state index in [1.165, 1.54) is 0 Å². The van der Waals surface area contributed by atoms with Crippen molar-refractivity contribution in [1.29, 1.82) is 0 Å². The van der Waals surface area contributed by atoms with Gasteiger partial charge >= 0.3 is 0 Å². The summed E-state index contributed by atoms with van der Waals surface area (Å²) in [5, 5.41) is 6.74. The molecule has 0 aliphatic carbocycles. The predicted molar refractivity (Wildman–Crippen MR) is 92.3 cm³/mol. The van der Waals surface area contributed by atoms with Gasteiger partial charge in [-0.1, -0.05) is 0 Å². The van der Waals surface area contributed by atoms with Crippen LogP contribution in [0.5, 0.6) is 0 Å². The molecule has 1 aromatic heterocycles. The molecule has 2 heterocycles. The fraction of sp³-hybridized carbons (Fsp3) is 0.688.